The Kier molecular flexibility index (Phi) is 50.8. The zero-order chi connectivity index (χ0) is 32.7. The van der Waals surface area contributed by atoms with E-state index in [4.69, 9.17) is 9.84 Å². The summed E-state index contributed by atoms with van der Waals surface area (Å²) in [6.45, 7) is 27.8. The van der Waals surface area contributed by atoms with Crippen molar-refractivity contribution in [1.29, 1.82) is 0 Å². The molecular formula is C37H65NO3. The molecule has 2 aromatic carbocycles. The second kappa shape index (κ2) is 43.8. The molecule has 0 unspecified atom stereocenters. The summed E-state index contributed by atoms with van der Waals surface area (Å²) in [5, 5.41) is 19.5. The Morgan fingerprint density at radius 3 is 1.66 bits per heavy atom. The number of phenols is 1. The Bertz CT molecular complexity index is 839. The maximum absolute atomic E-state index is 9.30. The van der Waals surface area contributed by atoms with Crippen molar-refractivity contribution >= 4 is 0 Å². The molecule has 0 saturated heterocycles. The molecule has 3 N–H and O–H groups in total. The van der Waals surface area contributed by atoms with Crippen LogP contribution in [0.5, 0.6) is 11.5 Å². The van der Waals surface area contributed by atoms with Crippen molar-refractivity contribution in [2.45, 2.75) is 95.4 Å². The third-order valence-corrected chi connectivity index (χ3v) is 4.29. The Hall–Kier alpha value is -3.24. The first-order valence-electron chi connectivity index (χ1n) is 14.8. The van der Waals surface area contributed by atoms with Crippen molar-refractivity contribution in [1.82, 2.24) is 5.32 Å². The zero-order valence-corrected chi connectivity index (χ0v) is 28.6. The van der Waals surface area contributed by atoms with Gasteiger partial charge < -0.3 is 20.3 Å². The van der Waals surface area contributed by atoms with Crippen molar-refractivity contribution in [3.8, 4) is 11.5 Å². The minimum Gasteiger partial charge on any atom is -0.504 e. The fraction of sp³-hybridized carbons (Fsp3) is 0.459. The molecule has 2 aromatic rings. The van der Waals surface area contributed by atoms with Gasteiger partial charge in [0, 0.05) is 19.4 Å². The van der Waals surface area contributed by atoms with Gasteiger partial charge in [-0.15, -0.1) is 0 Å². The van der Waals surface area contributed by atoms with E-state index in [-0.39, 0.29) is 5.75 Å². The topological polar surface area (TPSA) is 61.7 Å². The summed E-state index contributed by atoms with van der Waals surface area (Å²) in [6, 6.07) is 15.6. The molecule has 0 bridgehead atoms. The summed E-state index contributed by atoms with van der Waals surface area (Å²) in [6.07, 6.45) is 15.5. The number of aromatic hydroxyl groups is 1. The number of nitrogens with one attached hydrogen (secondary N) is 1. The number of aryl methyl sites for hydroxylation is 2. The molecule has 0 fully saturated rings. The number of rotatable bonds is 7. The zero-order valence-electron chi connectivity index (χ0n) is 28.6. The number of hydrogen-bond acceptors (Lipinski definition) is 4. The van der Waals surface area contributed by atoms with Crippen LogP contribution < -0.4 is 10.1 Å². The number of phenolic OH excluding ortho intramolecular Hbond substituents is 1. The van der Waals surface area contributed by atoms with E-state index in [9.17, 15) is 5.11 Å². The highest BCUT2D eigenvalue weighted by Crippen LogP contribution is 2.26. The summed E-state index contributed by atoms with van der Waals surface area (Å²) in [5.41, 5.74) is 3.61. The van der Waals surface area contributed by atoms with Gasteiger partial charge in [-0.1, -0.05) is 132 Å². The highest BCUT2D eigenvalue weighted by atomic mass is 16.5. The Morgan fingerprint density at radius 2 is 1.37 bits per heavy atom. The van der Waals surface area contributed by atoms with Gasteiger partial charge in [0.05, 0.1) is 6.61 Å². The normalized spacial score (nSPS) is 9.24. The Morgan fingerprint density at radius 1 is 0.829 bits per heavy atom. The number of hydrogen-bond donors (Lipinski definition) is 3. The minimum atomic E-state index is 0.215. The largest absolute Gasteiger partial charge is 0.504 e. The summed E-state index contributed by atoms with van der Waals surface area (Å²) >= 11 is 0. The predicted molar refractivity (Wildman–Crippen MR) is 187 cm³/mol. The van der Waals surface area contributed by atoms with Gasteiger partial charge in [-0.05, 0) is 66.2 Å². The number of allylic oxidation sites excluding steroid dienone is 7. The minimum absolute atomic E-state index is 0.215. The summed E-state index contributed by atoms with van der Waals surface area (Å²) in [4.78, 5) is 0. The third kappa shape index (κ3) is 46.9. The fourth-order valence-electron chi connectivity index (χ4n) is 2.07. The summed E-state index contributed by atoms with van der Waals surface area (Å²) in [5.74, 6) is 0.768. The van der Waals surface area contributed by atoms with Crippen LogP contribution in [0.4, 0.5) is 0 Å². The van der Waals surface area contributed by atoms with Gasteiger partial charge in [-0.25, -0.2) is 0 Å². The monoisotopic (exact) mass is 571 g/mol. The molecule has 4 nitrogen and oxygen atoms in total. The Labute approximate surface area is 255 Å². The lowest BCUT2D eigenvalue weighted by molar-refractivity contribution is 0.318. The van der Waals surface area contributed by atoms with Crippen molar-refractivity contribution in [2.24, 2.45) is 0 Å². The molecular weight excluding hydrogens is 506 g/mol. The first-order chi connectivity index (χ1) is 19.7. The first-order valence-corrected chi connectivity index (χ1v) is 14.8. The number of aliphatic hydroxyl groups is 1. The van der Waals surface area contributed by atoms with Gasteiger partial charge in [-0.3, -0.25) is 0 Å². The van der Waals surface area contributed by atoms with Crippen molar-refractivity contribution in [3.63, 3.8) is 0 Å². The lowest BCUT2D eigenvalue weighted by Crippen LogP contribution is -2.08. The molecule has 0 heterocycles. The lowest BCUT2D eigenvalue weighted by atomic mass is 10.2. The van der Waals surface area contributed by atoms with Crippen LogP contribution in [0.15, 0.2) is 97.3 Å². The molecule has 2 rings (SSSR count). The molecule has 0 aliphatic carbocycles. The van der Waals surface area contributed by atoms with Gasteiger partial charge in [0.2, 0.25) is 0 Å². The molecule has 0 radical (unpaired) electrons. The number of aliphatic hydroxyl groups excluding tert-OH is 1. The van der Waals surface area contributed by atoms with Crippen LogP contribution in [0, 0.1) is 13.8 Å². The van der Waals surface area contributed by atoms with Gasteiger partial charge in [0.25, 0.3) is 0 Å². The first kappa shape index (κ1) is 47.5. The molecule has 0 aromatic heterocycles. The third-order valence-electron chi connectivity index (χ3n) is 4.29. The van der Waals surface area contributed by atoms with Crippen LogP contribution >= 0.6 is 0 Å². The van der Waals surface area contributed by atoms with E-state index in [2.05, 4.69) is 78.6 Å². The molecule has 0 saturated carbocycles. The van der Waals surface area contributed by atoms with Crippen LogP contribution in [0.25, 0.3) is 0 Å². The molecule has 4 heteroatoms. The van der Waals surface area contributed by atoms with Crippen LogP contribution in [-0.2, 0) is 0 Å². The van der Waals surface area contributed by atoms with E-state index in [1.807, 2.05) is 76.3 Å². The van der Waals surface area contributed by atoms with E-state index in [1.54, 1.807) is 18.2 Å². The standard InChI is InChI=1S/C9H12O2.C7H8.C7H10.C6H13N.C4H10.C3H8.CH4O/c1-3-11-9-5-4-7(2)6-8(9)10;1-7-5-3-2-4-6-7;1-3-5-7-6-4-2;1-4-6(3)7-5-2;1-3-4-2;1-3-2;1-2/h4-6,10H,3H2,1-2H3;2-6H,1H3;3-7H,1H2,2H3;4,7H,5H2,1-3H3;3-4H2,1-2H3;3H2,1-2H3;2H,1H3/b;;6-4-,7-5-;6-4+;;;. The van der Waals surface area contributed by atoms with Crippen LogP contribution in [0.3, 0.4) is 0 Å². The summed E-state index contributed by atoms with van der Waals surface area (Å²) in [7, 11) is 1.00. The molecule has 0 atom stereocenters. The second-order valence-corrected chi connectivity index (χ2v) is 8.41. The van der Waals surface area contributed by atoms with E-state index in [1.165, 1.54) is 30.5 Å². The van der Waals surface area contributed by atoms with Crippen LogP contribution in [-0.4, -0.2) is 30.5 Å². The quantitative estimate of drug-likeness (QED) is 0.289. The van der Waals surface area contributed by atoms with Crippen LogP contribution in [0.1, 0.15) is 92.7 Å². The average Bonchev–Trinajstić information content (AvgIpc) is 2.98. The van der Waals surface area contributed by atoms with Crippen LogP contribution in [0.2, 0.25) is 0 Å². The molecule has 0 amide bonds. The number of unbranched alkanes of at least 4 members (excludes halogenated alkanes) is 1. The van der Waals surface area contributed by atoms with Gasteiger partial charge in [0.15, 0.2) is 11.5 Å². The van der Waals surface area contributed by atoms with E-state index < -0.39 is 0 Å². The molecule has 41 heavy (non-hydrogen) atoms. The van der Waals surface area contributed by atoms with E-state index in [0.717, 1.165) is 19.2 Å². The SMILES string of the molecule is C/C=C(\C)NCC.C=C/C=C\C=C/C.CCC.CCCC.CCOc1ccc(C)cc1O.CO.Cc1ccccc1. The predicted octanol–water partition coefficient (Wildman–Crippen LogP) is 10.7. The highest BCUT2D eigenvalue weighted by molar-refractivity contribution is 5.41. The van der Waals surface area contributed by atoms with Crippen molar-refractivity contribution < 1.29 is 14.9 Å². The van der Waals surface area contributed by atoms with Crippen molar-refractivity contribution in [3.05, 3.63) is 108 Å². The molecule has 236 valence electrons. The molecule has 0 spiro atoms. The van der Waals surface area contributed by atoms with Gasteiger partial charge in [-0.2, -0.15) is 0 Å². The smallest absolute Gasteiger partial charge is 0.160 e. The highest BCUT2D eigenvalue weighted by Gasteiger charge is 1.99. The van der Waals surface area contributed by atoms with E-state index >= 15 is 0 Å². The van der Waals surface area contributed by atoms with Gasteiger partial charge in [0.1, 0.15) is 0 Å². The number of benzene rings is 2. The second-order valence-electron chi connectivity index (χ2n) is 8.41. The maximum atomic E-state index is 9.30. The van der Waals surface area contributed by atoms with E-state index in [0.29, 0.717) is 12.4 Å². The lowest BCUT2D eigenvalue weighted by Gasteiger charge is -2.04. The average molecular weight is 572 g/mol. The molecule has 0 aliphatic rings. The van der Waals surface area contributed by atoms with Crippen molar-refractivity contribution in [2.75, 3.05) is 20.3 Å². The molecule has 0 aliphatic heterocycles. The van der Waals surface area contributed by atoms with Gasteiger partial charge >= 0.3 is 0 Å². The fourth-order valence-corrected chi connectivity index (χ4v) is 2.07. The summed E-state index contributed by atoms with van der Waals surface area (Å²) < 4.78 is 5.14. The maximum Gasteiger partial charge on any atom is 0.160 e. The number of ether oxygens (including phenoxy) is 1. The Balaban J connectivity index is -0.000000130.